The second-order valence-corrected chi connectivity index (χ2v) is 6.38. The van der Waals surface area contributed by atoms with Crippen molar-refractivity contribution in [2.24, 2.45) is 0 Å². The lowest BCUT2D eigenvalue weighted by Crippen LogP contribution is -2.07. The van der Waals surface area contributed by atoms with Gasteiger partial charge in [0.15, 0.2) is 5.78 Å². The van der Waals surface area contributed by atoms with Crippen molar-refractivity contribution in [2.45, 2.75) is 26.7 Å². The van der Waals surface area contributed by atoms with Crippen molar-refractivity contribution in [3.63, 3.8) is 0 Å². The molecule has 0 aliphatic carbocycles. The largest absolute Gasteiger partial charge is 0.489 e. The minimum absolute atomic E-state index is 0. The van der Waals surface area contributed by atoms with Crippen LogP contribution in [0.1, 0.15) is 35.7 Å². The molecule has 2 N–H and O–H groups in total. The summed E-state index contributed by atoms with van der Waals surface area (Å²) in [4.78, 5) is 17.2. The zero-order valence-corrected chi connectivity index (χ0v) is 16.9. The number of aryl methyl sites for hydroxylation is 1. The number of rotatable bonds is 8. The number of ketones is 1. The number of halogens is 1. The molecule has 0 saturated carbocycles. The monoisotopic (exact) mass is 400 g/mol. The minimum atomic E-state index is -0.0717. The summed E-state index contributed by atoms with van der Waals surface area (Å²) >= 11 is 0. The Morgan fingerprint density at radius 1 is 1.18 bits per heavy atom. The van der Waals surface area contributed by atoms with E-state index in [2.05, 4.69) is 10.3 Å². The van der Waals surface area contributed by atoms with Crippen LogP contribution in [-0.2, 0) is 0 Å². The zero-order valence-electron chi connectivity index (χ0n) is 16.1. The molecule has 0 aliphatic heterocycles. The smallest absolute Gasteiger partial charge is 0.166 e. The van der Waals surface area contributed by atoms with Gasteiger partial charge in [-0.3, -0.25) is 9.78 Å². The van der Waals surface area contributed by atoms with Gasteiger partial charge >= 0.3 is 0 Å². The van der Waals surface area contributed by atoms with Gasteiger partial charge in [-0.05, 0) is 31.0 Å². The number of nitrogens with one attached hydrogen (secondary N) is 1. The van der Waals surface area contributed by atoms with Crippen molar-refractivity contribution in [3.8, 4) is 5.75 Å². The molecular weight excluding hydrogens is 376 g/mol. The lowest BCUT2D eigenvalue weighted by atomic mass is 10.0. The van der Waals surface area contributed by atoms with E-state index in [1.54, 1.807) is 6.20 Å². The molecule has 0 atom stereocenters. The van der Waals surface area contributed by atoms with Gasteiger partial charge in [-0.15, -0.1) is 12.4 Å². The number of hydrogen-bond donors (Lipinski definition) is 2. The first-order chi connectivity index (χ1) is 13.2. The van der Waals surface area contributed by atoms with Crippen LogP contribution >= 0.6 is 12.4 Å². The molecule has 28 heavy (non-hydrogen) atoms. The molecule has 0 bridgehead atoms. The van der Waals surface area contributed by atoms with Crippen molar-refractivity contribution < 1.29 is 14.6 Å². The molecule has 1 aromatic heterocycles. The number of para-hydroxylation sites is 2. The maximum atomic E-state index is 12.7. The van der Waals surface area contributed by atoms with E-state index >= 15 is 0 Å². The van der Waals surface area contributed by atoms with Gasteiger partial charge in [-0.25, -0.2) is 0 Å². The van der Waals surface area contributed by atoms with Crippen LogP contribution in [0, 0.1) is 6.92 Å². The highest BCUT2D eigenvalue weighted by Gasteiger charge is 2.17. The number of aliphatic hydroxyl groups is 1. The quantitative estimate of drug-likeness (QED) is 0.517. The average Bonchev–Trinajstić information content (AvgIpc) is 2.68. The van der Waals surface area contributed by atoms with Crippen LogP contribution in [0.2, 0.25) is 0 Å². The Bertz CT molecular complexity index is 960. The van der Waals surface area contributed by atoms with Gasteiger partial charge in [0.05, 0.1) is 17.9 Å². The van der Waals surface area contributed by atoms with Crippen LogP contribution in [-0.4, -0.2) is 29.1 Å². The Morgan fingerprint density at radius 2 is 1.96 bits per heavy atom. The molecule has 5 nitrogen and oxygen atoms in total. The van der Waals surface area contributed by atoms with Crippen molar-refractivity contribution in [2.75, 3.05) is 18.5 Å². The lowest BCUT2D eigenvalue weighted by Gasteiger charge is -2.17. The van der Waals surface area contributed by atoms with Crippen LogP contribution in [0.5, 0.6) is 5.75 Å². The molecular formula is C22H25ClN2O3. The van der Waals surface area contributed by atoms with Gasteiger partial charge in [0, 0.05) is 23.7 Å². The number of aromatic nitrogens is 1. The van der Waals surface area contributed by atoms with Gasteiger partial charge in [0.2, 0.25) is 0 Å². The Balaban J connectivity index is 0.00000280. The Labute approximate surface area is 171 Å². The average molecular weight is 401 g/mol. The number of benzene rings is 2. The Hall–Kier alpha value is -2.63. The zero-order chi connectivity index (χ0) is 19.2. The molecule has 3 aromatic rings. The molecule has 0 spiro atoms. The standard InChI is InChI=1S/C22H24N2O3.ClH/c1-3-7-19(26)17-14-23-22-16(9-6-11-20(22)27-13-12-25)21(17)24-18-10-5-4-8-15(18)2;/h4-6,8-11,14,25H,3,7,12-13H2,1-2H3,(H,23,24);1H. The predicted molar refractivity (Wildman–Crippen MR) is 115 cm³/mol. The van der Waals surface area contributed by atoms with E-state index in [0.717, 1.165) is 28.7 Å². The molecule has 0 aliphatic rings. The van der Waals surface area contributed by atoms with E-state index in [1.165, 1.54) is 0 Å². The summed E-state index contributed by atoms with van der Waals surface area (Å²) in [5.41, 5.74) is 4.01. The summed E-state index contributed by atoms with van der Waals surface area (Å²) in [6, 6.07) is 13.6. The summed E-state index contributed by atoms with van der Waals surface area (Å²) in [6.07, 6.45) is 2.86. The third-order valence-electron chi connectivity index (χ3n) is 4.39. The molecule has 0 fully saturated rings. The van der Waals surface area contributed by atoms with Gasteiger partial charge in [0.25, 0.3) is 0 Å². The number of carbonyl (C=O) groups excluding carboxylic acids is 1. The van der Waals surface area contributed by atoms with E-state index in [0.29, 0.717) is 23.3 Å². The fourth-order valence-electron chi connectivity index (χ4n) is 3.02. The number of carbonyl (C=O) groups is 1. The van der Waals surface area contributed by atoms with Crippen molar-refractivity contribution >= 4 is 40.5 Å². The molecule has 0 saturated heterocycles. The van der Waals surface area contributed by atoms with Crippen LogP contribution in [0.25, 0.3) is 10.9 Å². The third kappa shape index (κ3) is 4.61. The molecule has 6 heteroatoms. The van der Waals surface area contributed by atoms with Gasteiger partial charge in [-0.1, -0.05) is 37.3 Å². The second-order valence-electron chi connectivity index (χ2n) is 6.38. The number of hydrogen-bond acceptors (Lipinski definition) is 5. The highest BCUT2D eigenvalue weighted by molar-refractivity contribution is 6.09. The van der Waals surface area contributed by atoms with E-state index in [4.69, 9.17) is 9.84 Å². The maximum Gasteiger partial charge on any atom is 0.166 e. The number of Topliss-reactive ketones (excluding diaryl/α,β-unsaturated/α-hetero) is 1. The van der Waals surface area contributed by atoms with Crippen LogP contribution in [0.3, 0.4) is 0 Å². The van der Waals surface area contributed by atoms with E-state index in [9.17, 15) is 4.79 Å². The highest BCUT2D eigenvalue weighted by atomic mass is 35.5. The van der Waals surface area contributed by atoms with E-state index in [-0.39, 0.29) is 31.4 Å². The first-order valence-corrected chi connectivity index (χ1v) is 9.17. The fraction of sp³-hybridized carbons (Fsp3) is 0.273. The molecule has 3 rings (SSSR count). The third-order valence-corrected chi connectivity index (χ3v) is 4.39. The first kappa shape index (κ1) is 21.7. The summed E-state index contributed by atoms with van der Waals surface area (Å²) in [7, 11) is 0. The molecule has 1 heterocycles. The van der Waals surface area contributed by atoms with Gasteiger partial charge in [0.1, 0.15) is 17.9 Å². The SMILES string of the molecule is CCCC(=O)c1cnc2c(OCCO)cccc2c1Nc1ccccc1C.Cl. The molecule has 0 unspecified atom stereocenters. The highest BCUT2D eigenvalue weighted by Crippen LogP contribution is 2.34. The van der Waals surface area contributed by atoms with Crippen molar-refractivity contribution in [3.05, 3.63) is 59.8 Å². The van der Waals surface area contributed by atoms with Crippen molar-refractivity contribution in [1.29, 1.82) is 0 Å². The van der Waals surface area contributed by atoms with Gasteiger partial charge < -0.3 is 15.2 Å². The van der Waals surface area contributed by atoms with Gasteiger partial charge in [-0.2, -0.15) is 0 Å². The summed E-state index contributed by atoms with van der Waals surface area (Å²) in [5, 5.41) is 13.3. The summed E-state index contributed by atoms with van der Waals surface area (Å²) in [6.45, 7) is 4.13. The Kier molecular flexibility index (Phi) is 7.79. The lowest BCUT2D eigenvalue weighted by molar-refractivity contribution is 0.0982. The van der Waals surface area contributed by atoms with Crippen LogP contribution < -0.4 is 10.1 Å². The van der Waals surface area contributed by atoms with Crippen LogP contribution in [0.4, 0.5) is 11.4 Å². The fourth-order valence-corrected chi connectivity index (χ4v) is 3.02. The molecule has 0 amide bonds. The van der Waals surface area contributed by atoms with Crippen LogP contribution in [0.15, 0.2) is 48.7 Å². The normalized spacial score (nSPS) is 10.4. The van der Waals surface area contributed by atoms with E-state index < -0.39 is 0 Å². The summed E-state index contributed by atoms with van der Waals surface area (Å²) < 4.78 is 5.62. The topological polar surface area (TPSA) is 71.5 Å². The Morgan fingerprint density at radius 3 is 2.68 bits per heavy atom. The molecule has 0 radical (unpaired) electrons. The number of pyridine rings is 1. The number of nitrogens with zero attached hydrogens (tertiary/aromatic N) is 1. The number of ether oxygens (including phenoxy) is 1. The number of aliphatic hydroxyl groups excluding tert-OH is 1. The molecule has 148 valence electrons. The van der Waals surface area contributed by atoms with E-state index in [1.807, 2.05) is 56.3 Å². The number of fused-ring (bicyclic) bond motifs is 1. The molecule has 2 aromatic carbocycles. The second kappa shape index (κ2) is 10.1. The first-order valence-electron chi connectivity index (χ1n) is 9.17. The summed E-state index contributed by atoms with van der Waals surface area (Å²) in [5.74, 6) is 0.647. The minimum Gasteiger partial charge on any atom is -0.489 e. The predicted octanol–water partition coefficient (Wildman–Crippen LogP) is 5.06. The number of anilines is 2. The maximum absolute atomic E-state index is 12.7. The van der Waals surface area contributed by atoms with Crippen molar-refractivity contribution in [1.82, 2.24) is 4.98 Å².